The first-order chi connectivity index (χ1) is 21.5. The summed E-state index contributed by atoms with van der Waals surface area (Å²) in [4.78, 5) is 78.0. The van der Waals surface area contributed by atoms with Gasteiger partial charge < -0.3 is 33.5 Å². The van der Waals surface area contributed by atoms with Gasteiger partial charge in [0, 0.05) is 18.2 Å². The fraction of sp³-hybridized carbons (Fsp3) is 0.194. The first-order valence-corrected chi connectivity index (χ1v) is 12.8. The molecule has 0 aliphatic heterocycles. The fourth-order valence-corrected chi connectivity index (χ4v) is 2.75. The second kappa shape index (κ2) is 20.8. The van der Waals surface area contributed by atoms with E-state index in [-0.39, 0.29) is 61.9 Å². The number of hydrogen-bond donors (Lipinski definition) is 1. The average Bonchev–Trinajstić information content (AvgIpc) is 3.06. The van der Waals surface area contributed by atoms with Gasteiger partial charge in [-0.3, -0.25) is 0 Å². The Hall–Kier alpha value is -6.05. The highest BCUT2D eigenvalue weighted by Gasteiger charge is 2.12. The highest BCUT2D eigenvalue weighted by Crippen LogP contribution is 2.08. The molecule has 238 valence electrons. The quantitative estimate of drug-likeness (QED) is 0.124. The van der Waals surface area contributed by atoms with E-state index in [1.807, 2.05) is 0 Å². The first kappa shape index (κ1) is 37.0. The Balaban J connectivity index is 0.000000472. The van der Waals surface area contributed by atoms with E-state index in [2.05, 4.69) is 33.9 Å². The Morgan fingerprint density at radius 1 is 0.444 bits per heavy atom. The molecule has 2 aromatic carbocycles. The normalized spacial score (nSPS) is 9.51. The number of carboxylic acids is 1. The van der Waals surface area contributed by atoms with E-state index >= 15 is 0 Å². The van der Waals surface area contributed by atoms with Crippen LogP contribution in [-0.4, -0.2) is 86.5 Å². The maximum absolute atomic E-state index is 11.8. The van der Waals surface area contributed by atoms with Crippen molar-refractivity contribution < 1.29 is 67.1 Å². The molecule has 14 nitrogen and oxygen atoms in total. The number of carboxylic acid groups (broad SMARTS) is 1. The molecule has 0 unspecified atom stereocenters. The van der Waals surface area contributed by atoms with Gasteiger partial charge in [0.1, 0.15) is 39.6 Å². The molecule has 0 amide bonds. The third-order valence-corrected chi connectivity index (χ3v) is 4.91. The van der Waals surface area contributed by atoms with Crippen LogP contribution in [0.3, 0.4) is 0 Å². The maximum atomic E-state index is 11.8. The molecule has 0 saturated heterocycles. The van der Waals surface area contributed by atoms with Crippen molar-refractivity contribution in [3.63, 3.8) is 0 Å². The van der Waals surface area contributed by atoms with Gasteiger partial charge in [0.05, 0.1) is 22.3 Å². The number of hydrogen-bond acceptors (Lipinski definition) is 13. The van der Waals surface area contributed by atoms with E-state index in [9.17, 15) is 33.6 Å². The average molecular weight is 627 g/mol. The third-order valence-electron chi connectivity index (χ3n) is 4.91. The van der Waals surface area contributed by atoms with Gasteiger partial charge in [-0.2, -0.15) is 0 Å². The molecular formula is C31H30O14. The van der Waals surface area contributed by atoms with Gasteiger partial charge in [-0.1, -0.05) is 19.7 Å². The molecule has 0 aliphatic carbocycles. The molecule has 0 saturated carbocycles. The zero-order chi connectivity index (χ0) is 33.6. The molecule has 0 aliphatic rings. The molecule has 45 heavy (non-hydrogen) atoms. The second-order valence-electron chi connectivity index (χ2n) is 7.98. The smallest absolute Gasteiger partial charge is 0.338 e. The number of esters is 6. The van der Waals surface area contributed by atoms with Gasteiger partial charge in [-0.05, 0) is 48.5 Å². The molecule has 2 rings (SSSR count). The maximum Gasteiger partial charge on any atom is 0.338 e. The fourth-order valence-electron chi connectivity index (χ4n) is 2.75. The van der Waals surface area contributed by atoms with Crippen molar-refractivity contribution in [1.29, 1.82) is 0 Å². The summed E-state index contributed by atoms with van der Waals surface area (Å²) >= 11 is 0. The Morgan fingerprint density at radius 3 is 0.889 bits per heavy atom. The molecular weight excluding hydrogens is 596 g/mol. The SMILES string of the molecule is C=CC(=O)OCCOC(=O)c1ccc(C(=O)O)cc1.C=CC(=O)OCCOC(=O)c1ccc(C(=O)OCCOC(=O)C=C)cc1. The van der Waals surface area contributed by atoms with Crippen LogP contribution in [0.15, 0.2) is 86.5 Å². The van der Waals surface area contributed by atoms with Crippen molar-refractivity contribution in [2.45, 2.75) is 0 Å². The van der Waals surface area contributed by atoms with Crippen molar-refractivity contribution in [3.05, 3.63) is 109 Å². The molecule has 2 aromatic rings. The van der Waals surface area contributed by atoms with Gasteiger partial charge >= 0.3 is 41.8 Å². The van der Waals surface area contributed by atoms with Gasteiger partial charge in [0.2, 0.25) is 0 Å². The molecule has 0 atom stereocenters. The number of carbonyl (C=O) groups excluding carboxylic acids is 6. The summed E-state index contributed by atoms with van der Waals surface area (Å²) in [5.41, 5.74) is 0.740. The van der Waals surface area contributed by atoms with Crippen molar-refractivity contribution >= 4 is 41.8 Å². The molecule has 0 aromatic heterocycles. The van der Waals surface area contributed by atoms with Crippen LogP contribution in [-0.2, 0) is 42.8 Å². The van der Waals surface area contributed by atoms with E-state index in [1.54, 1.807) is 0 Å². The predicted octanol–water partition coefficient (Wildman–Crippen LogP) is 2.73. The molecule has 0 heterocycles. The lowest BCUT2D eigenvalue weighted by Crippen LogP contribution is -2.14. The molecule has 0 fully saturated rings. The highest BCUT2D eigenvalue weighted by atomic mass is 16.6. The van der Waals surface area contributed by atoms with E-state index in [4.69, 9.17) is 19.3 Å². The standard InChI is InChI=1S/C18H18O8.C13H12O6/c1-3-15(19)23-9-11-25-17(21)13-5-7-14(8-6-13)18(22)26-12-10-24-16(20)4-2;1-2-11(14)18-7-8-19-13(17)10-5-3-9(4-6-10)12(15)16/h3-8H,1-2,9-12H2;2-6H,1,7-8H2,(H,15,16). The number of carbonyl (C=O) groups is 7. The van der Waals surface area contributed by atoms with Crippen LogP contribution in [0.5, 0.6) is 0 Å². The van der Waals surface area contributed by atoms with Crippen LogP contribution >= 0.6 is 0 Å². The van der Waals surface area contributed by atoms with Gasteiger partial charge in [0.25, 0.3) is 0 Å². The summed E-state index contributed by atoms with van der Waals surface area (Å²) in [7, 11) is 0. The Labute approximate surface area is 257 Å². The predicted molar refractivity (Wildman–Crippen MR) is 154 cm³/mol. The van der Waals surface area contributed by atoms with Crippen LogP contribution in [0.2, 0.25) is 0 Å². The van der Waals surface area contributed by atoms with Crippen molar-refractivity contribution in [2.75, 3.05) is 39.6 Å². The van der Waals surface area contributed by atoms with E-state index in [0.717, 1.165) is 18.2 Å². The van der Waals surface area contributed by atoms with Crippen LogP contribution < -0.4 is 0 Å². The van der Waals surface area contributed by atoms with Gasteiger partial charge in [-0.15, -0.1) is 0 Å². The number of benzene rings is 2. The van der Waals surface area contributed by atoms with Crippen LogP contribution in [0.4, 0.5) is 0 Å². The summed E-state index contributed by atoms with van der Waals surface area (Å²) in [6.07, 6.45) is 3.01. The van der Waals surface area contributed by atoms with E-state index in [1.165, 1.54) is 48.5 Å². The number of rotatable bonds is 16. The summed E-state index contributed by atoms with van der Waals surface area (Å²) in [5, 5.41) is 8.69. The Morgan fingerprint density at radius 2 is 0.667 bits per heavy atom. The van der Waals surface area contributed by atoms with Crippen LogP contribution in [0, 0.1) is 0 Å². The minimum absolute atomic E-state index is 0.0657. The lowest BCUT2D eigenvalue weighted by Gasteiger charge is -2.07. The summed E-state index contributed by atoms with van der Waals surface area (Å²) in [6.45, 7) is 9.15. The summed E-state index contributed by atoms with van der Waals surface area (Å²) in [5.74, 6) is -4.76. The van der Waals surface area contributed by atoms with Gasteiger partial charge in [0.15, 0.2) is 0 Å². The van der Waals surface area contributed by atoms with Crippen LogP contribution in [0.1, 0.15) is 41.4 Å². The largest absolute Gasteiger partial charge is 0.478 e. The van der Waals surface area contributed by atoms with E-state index in [0.29, 0.717) is 0 Å². The monoisotopic (exact) mass is 626 g/mol. The number of aromatic carboxylic acids is 1. The lowest BCUT2D eigenvalue weighted by molar-refractivity contribution is -0.139. The topological polar surface area (TPSA) is 195 Å². The third kappa shape index (κ3) is 15.1. The molecule has 14 heteroatoms. The van der Waals surface area contributed by atoms with Crippen molar-refractivity contribution in [1.82, 2.24) is 0 Å². The molecule has 1 N–H and O–H groups in total. The number of ether oxygens (including phenoxy) is 6. The van der Waals surface area contributed by atoms with E-state index < -0.39 is 41.8 Å². The van der Waals surface area contributed by atoms with Crippen molar-refractivity contribution in [2.24, 2.45) is 0 Å². The summed E-state index contributed by atoms with van der Waals surface area (Å²) in [6, 6.07) is 10.9. The van der Waals surface area contributed by atoms with Crippen molar-refractivity contribution in [3.8, 4) is 0 Å². The minimum Gasteiger partial charge on any atom is -0.478 e. The first-order valence-electron chi connectivity index (χ1n) is 12.8. The molecule has 0 bridgehead atoms. The zero-order valence-electron chi connectivity index (χ0n) is 24.0. The molecule has 0 radical (unpaired) electrons. The van der Waals surface area contributed by atoms with Gasteiger partial charge in [-0.25, -0.2) is 33.6 Å². The zero-order valence-corrected chi connectivity index (χ0v) is 24.0. The molecule has 0 spiro atoms. The lowest BCUT2D eigenvalue weighted by atomic mass is 10.1. The van der Waals surface area contributed by atoms with Crippen LogP contribution in [0.25, 0.3) is 0 Å². The second-order valence-corrected chi connectivity index (χ2v) is 7.98. The Kier molecular flexibility index (Phi) is 17.1. The summed E-state index contributed by atoms with van der Waals surface area (Å²) < 4.78 is 28.6. The highest BCUT2D eigenvalue weighted by molar-refractivity contribution is 5.94. The Bertz CT molecular complexity index is 1320. The minimum atomic E-state index is -1.07.